The molecule has 0 spiro atoms. The van der Waals surface area contributed by atoms with Crippen molar-refractivity contribution in [2.45, 2.75) is 79.2 Å². The van der Waals surface area contributed by atoms with E-state index in [1.165, 1.54) is 18.1 Å². The van der Waals surface area contributed by atoms with Crippen LogP contribution in [0.2, 0.25) is 0 Å². The second kappa shape index (κ2) is 7.77. The molecule has 152 valence electrons. The molecule has 3 heteroatoms. The van der Waals surface area contributed by atoms with Crippen molar-refractivity contribution < 1.29 is 14.3 Å². The molecule has 1 aromatic rings. The molecule has 0 amide bonds. The highest BCUT2D eigenvalue weighted by molar-refractivity contribution is 5.69. The Morgan fingerprint density at radius 2 is 1.93 bits per heavy atom. The number of ether oxygens (including phenoxy) is 2. The Balaban J connectivity index is 1.96. The fraction of sp³-hybridized carbons (Fsp3) is 0.560. The zero-order valence-corrected chi connectivity index (χ0v) is 18.2. The number of benzene rings is 1. The Hall–Kier alpha value is -2.03. The highest BCUT2D eigenvalue weighted by Gasteiger charge is 2.40. The molecule has 3 nitrogen and oxygen atoms in total. The van der Waals surface area contributed by atoms with Gasteiger partial charge in [-0.1, -0.05) is 37.6 Å². The van der Waals surface area contributed by atoms with Gasteiger partial charge in [-0.15, -0.1) is 0 Å². The Morgan fingerprint density at radius 1 is 1.18 bits per heavy atom. The van der Waals surface area contributed by atoms with Crippen LogP contribution in [0.1, 0.15) is 71.4 Å². The van der Waals surface area contributed by atoms with E-state index in [4.69, 9.17) is 9.47 Å². The summed E-state index contributed by atoms with van der Waals surface area (Å²) in [5.74, 6) is 1.58. The molecule has 0 unspecified atom stereocenters. The summed E-state index contributed by atoms with van der Waals surface area (Å²) >= 11 is 0. The van der Waals surface area contributed by atoms with Crippen molar-refractivity contribution in [3.63, 3.8) is 0 Å². The van der Waals surface area contributed by atoms with Gasteiger partial charge in [0.1, 0.15) is 17.1 Å². The highest BCUT2D eigenvalue weighted by Crippen LogP contribution is 2.45. The van der Waals surface area contributed by atoms with Crippen molar-refractivity contribution >= 4 is 5.97 Å². The number of fused-ring (bicyclic) bond motifs is 2. The van der Waals surface area contributed by atoms with E-state index in [0.717, 1.165) is 43.4 Å². The molecule has 1 aliphatic heterocycles. The van der Waals surface area contributed by atoms with Crippen LogP contribution >= 0.6 is 0 Å². The maximum Gasteiger partial charge on any atom is 0.308 e. The second-order valence-electron chi connectivity index (χ2n) is 9.51. The van der Waals surface area contributed by atoms with Crippen molar-refractivity contribution in [1.82, 2.24) is 0 Å². The van der Waals surface area contributed by atoms with Crippen LogP contribution < -0.4 is 9.47 Å². The van der Waals surface area contributed by atoms with Crippen LogP contribution in [0.15, 0.2) is 35.9 Å². The monoisotopic (exact) mass is 382 g/mol. The summed E-state index contributed by atoms with van der Waals surface area (Å²) in [5, 5.41) is 0. The van der Waals surface area contributed by atoms with Crippen LogP contribution in [-0.2, 0) is 11.2 Å². The average molecular weight is 383 g/mol. The van der Waals surface area contributed by atoms with Crippen molar-refractivity contribution in [1.29, 1.82) is 0 Å². The van der Waals surface area contributed by atoms with Gasteiger partial charge in [-0.2, -0.15) is 0 Å². The summed E-state index contributed by atoms with van der Waals surface area (Å²) in [4.78, 5) is 11.4. The minimum Gasteiger partial charge on any atom is -0.487 e. The molecule has 28 heavy (non-hydrogen) atoms. The quantitative estimate of drug-likeness (QED) is 0.323. The van der Waals surface area contributed by atoms with Gasteiger partial charge in [0.15, 0.2) is 0 Å². The first-order valence-electron chi connectivity index (χ1n) is 10.4. The van der Waals surface area contributed by atoms with Gasteiger partial charge in [-0.3, -0.25) is 4.79 Å². The first-order valence-corrected chi connectivity index (χ1v) is 10.4. The lowest BCUT2D eigenvalue weighted by atomic mass is 9.75. The first kappa shape index (κ1) is 20.7. The van der Waals surface area contributed by atoms with Crippen LogP contribution in [0.3, 0.4) is 0 Å². The number of esters is 1. The maximum atomic E-state index is 11.4. The molecule has 0 radical (unpaired) electrons. The molecular weight excluding hydrogens is 348 g/mol. The van der Waals surface area contributed by atoms with E-state index < -0.39 is 0 Å². The molecule has 0 fully saturated rings. The maximum absolute atomic E-state index is 11.4. The zero-order chi connectivity index (χ0) is 20.5. The molecule has 3 rings (SSSR count). The van der Waals surface area contributed by atoms with Gasteiger partial charge in [0.2, 0.25) is 0 Å². The molecular formula is C25H34O3. The summed E-state index contributed by atoms with van der Waals surface area (Å²) in [7, 11) is 0. The predicted octanol–water partition coefficient (Wildman–Crippen LogP) is 6.33. The number of hydrogen-bond donors (Lipinski definition) is 0. The van der Waals surface area contributed by atoms with Gasteiger partial charge in [0.05, 0.1) is 0 Å². The Morgan fingerprint density at radius 3 is 2.64 bits per heavy atom. The third-order valence-electron chi connectivity index (χ3n) is 6.28. The van der Waals surface area contributed by atoms with Crippen molar-refractivity contribution in [2.75, 3.05) is 0 Å². The largest absolute Gasteiger partial charge is 0.487 e. The molecule has 0 saturated carbocycles. The lowest BCUT2D eigenvalue weighted by Crippen LogP contribution is -2.45. The van der Waals surface area contributed by atoms with Gasteiger partial charge in [0.25, 0.3) is 0 Å². The summed E-state index contributed by atoms with van der Waals surface area (Å²) in [6, 6.07) is 3.83. The number of rotatable bonds is 1. The number of aryl methyl sites for hydroxylation is 1. The molecule has 1 aliphatic carbocycles. The molecule has 1 aromatic carbocycles. The van der Waals surface area contributed by atoms with E-state index in [0.29, 0.717) is 11.7 Å². The van der Waals surface area contributed by atoms with Crippen LogP contribution in [0.25, 0.3) is 0 Å². The SMILES string of the molecule is CC(=O)Oc1cc(C)c2c(c1)O[C@]1(C)C/C=C/C(C)(C)C/C=C(\C)CC[C@H]1C2. The van der Waals surface area contributed by atoms with E-state index in [9.17, 15) is 4.79 Å². The minimum absolute atomic E-state index is 0.156. The summed E-state index contributed by atoms with van der Waals surface area (Å²) in [6.07, 6.45) is 12.2. The lowest BCUT2D eigenvalue weighted by Gasteiger charge is -2.43. The van der Waals surface area contributed by atoms with E-state index >= 15 is 0 Å². The van der Waals surface area contributed by atoms with E-state index in [2.05, 4.69) is 52.8 Å². The van der Waals surface area contributed by atoms with Crippen LogP contribution in [0.5, 0.6) is 11.5 Å². The molecule has 0 aromatic heterocycles. The van der Waals surface area contributed by atoms with Crippen molar-refractivity contribution in [3.8, 4) is 11.5 Å². The molecule has 2 aliphatic rings. The van der Waals surface area contributed by atoms with Gasteiger partial charge < -0.3 is 9.47 Å². The lowest BCUT2D eigenvalue weighted by molar-refractivity contribution is -0.131. The third-order valence-corrected chi connectivity index (χ3v) is 6.28. The number of hydrogen-bond acceptors (Lipinski definition) is 3. The second-order valence-corrected chi connectivity index (χ2v) is 9.51. The Labute approximate surface area is 169 Å². The molecule has 2 atom stereocenters. The predicted molar refractivity (Wildman–Crippen MR) is 114 cm³/mol. The highest BCUT2D eigenvalue weighted by atomic mass is 16.5. The summed E-state index contributed by atoms with van der Waals surface area (Å²) in [6.45, 7) is 12.6. The van der Waals surface area contributed by atoms with Crippen molar-refractivity contribution in [2.24, 2.45) is 11.3 Å². The summed E-state index contributed by atoms with van der Waals surface area (Å²) in [5.41, 5.74) is 3.75. The van der Waals surface area contributed by atoms with Gasteiger partial charge in [-0.05, 0) is 69.1 Å². The number of allylic oxidation sites excluding steroid dienone is 3. The minimum atomic E-state index is -0.304. The number of carbonyl (C=O) groups excluding carboxylic acids is 1. The van der Waals surface area contributed by atoms with E-state index in [1.54, 1.807) is 0 Å². The molecule has 0 N–H and O–H groups in total. The van der Waals surface area contributed by atoms with E-state index in [-0.39, 0.29) is 17.0 Å². The van der Waals surface area contributed by atoms with E-state index in [1.807, 2.05) is 12.1 Å². The van der Waals surface area contributed by atoms with Gasteiger partial charge >= 0.3 is 5.97 Å². The normalized spacial score (nSPS) is 29.8. The number of carbonyl (C=O) groups is 1. The molecule has 0 bridgehead atoms. The van der Waals surface area contributed by atoms with Gasteiger partial charge in [-0.25, -0.2) is 0 Å². The van der Waals surface area contributed by atoms with Crippen LogP contribution in [0.4, 0.5) is 0 Å². The molecule has 0 saturated heterocycles. The standard InChI is InChI=1S/C25H34O3/c1-17-8-9-20-15-22-18(2)14-21(27-19(3)26)16-23(22)28-25(20,6)12-7-11-24(4,5)13-10-17/h7,10-11,14,16,20H,8-9,12-13,15H2,1-6H3/b11-7+,17-10+/t20-,25+/m0/s1. The third kappa shape index (κ3) is 4.68. The Kier molecular flexibility index (Phi) is 5.74. The average Bonchev–Trinajstić information content (AvgIpc) is 2.58. The topological polar surface area (TPSA) is 35.5 Å². The fourth-order valence-corrected chi connectivity index (χ4v) is 4.36. The first-order chi connectivity index (χ1) is 13.1. The van der Waals surface area contributed by atoms with Crippen LogP contribution in [-0.4, -0.2) is 11.6 Å². The smallest absolute Gasteiger partial charge is 0.308 e. The van der Waals surface area contributed by atoms with Crippen molar-refractivity contribution in [3.05, 3.63) is 47.1 Å². The zero-order valence-electron chi connectivity index (χ0n) is 18.2. The Bertz CT molecular complexity index is 815. The summed E-state index contributed by atoms with van der Waals surface area (Å²) < 4.78 is 12.0. The fourth-order valence-electron chi connectivity index (χ4n) is 4.36. The van der Waals surface area contributed by atoms with Crippen LogP contribution in [0, 0.1) is 18.3 Å². The van der Waals surface area contributed by atoms with Gasteiger partial charge in [0, 0.05) is 25.3 Å². The molecule has 1 heterocycles.